The van der Waals surface area contributed by atoms with Crippen LogP contribution in [0.15, 0.2) is 18.7 Å². The molecule has 0 aliphatic rings. The van der Waals surface area contributed by atoms with E-state index in [1.807, 2.05) is 0 Å². The summed E-state index contributed by atoms with van der Waals surface area (Å²) in [6.45, 7) is 0. The molecule has 0 aliphatic heterocycles. The van der Waals surface area contributed by atoms with E-state index >= 15 is 0 Å². The van der Waals surface area contributed by atoms with E-state index in [1.54, 1.807) is 12.4 Å². The van der Waals surface area contributed by atoms with E-state index in [2.05, 4.69) is 32.6 Å². The van der Waals surface area contributed by atoms with Crippen LogP contribution in [0.3, 0.4) is 0 Å². The van der Waals surface area contributed by atoms with Crippen LogP contribution >= 0.6 is 22.6 Å². The molecule has 3 heteroatoms. The molecule has 0 saturated carbocycles. The van der Waals surface area contributed by atoms with Gasteiger partial charge in [0.1, 0.15) is 7.67 Å². The van der Waals surface area contributed by atoms with Gasteiger partial charge in [-0.25, -0.2) is 9.97 Å². The molecule has 1 aromatic rings. The maximum atomic E-state index is 6.87. The van der Waals surface area contributed by atoms with Crippen molar-refractivity contribution >= 4 is 22.6 Å². The molecule has 0 fully saturated rings. The standard InChI is InChI=1S/C4H3IN2/c5-4-1-6-3-7-2-4/h1-3H/i3D. The summed E-state index contributed by atoms with van der Waals surface area (Å²) in [5, 5.41) is 0. The summed E-state index contributed by atoms with van der Waals surface area (Å²) < 4.78 is 7.82. The van der Waals surface area contributed by atoms with Crippen molar-refractivity contribution in [1.29, 1.82) is 0 Å². The molecule has 0 amide bonds. The minimum Gasteiger partial charge on any atom is -0.244 e. The van der Waals surface area contributed by atoms with Gasteiger partial charge in [0, 0.05) is 16.0 Å². The summed E-state index contributed by atoms with van der Waals surface area (Å²) in [7, 11) is 0. The Balaban J connectivity index is 3.03. The number of hydrogen-bond donors (Lipinski definition) is 0. The Labute approximate surface area is 56.5 Å². The first-order valence-corrected chi connectivity index (χ1v) is 2.81. The molecule has 2 nitrogen and oxygen atoms in total. The molecule has 0 atom stereocenters. The molecule has 0 N–H and O–H groups in total. The van der Waals surface area contributed by atoms with Crippen molar-refractivity contribution in [2.45, 2.75) is 0 Å². The van der Waals surface area contributed by atoms with Crippen molar-refractivity contribution in [2.24, 2.45) is 0 Å². The molecule has 0 spiro atoms. The van der Waals surface area contributed by atoms with Crippen molar-refractivity contribution in [3.05, 3.63) is 22.3 Å². The van der Waals surface area contributed by atoms with Crippen LogP contribution in [-0.4, -0.2) is 9.97 Å². The van der Waals surface area contributed by atoms with E-state index in [0.29, 0.717) is 0 Å². The summed E-state index contributed by atoms with van der Waals surface area (Å²) in [4.78, 5) is 7.25. The maximum absolute atomic E-state index is 6.87. The average Bonchev–Trinajstić information content (AvgIpc) is 1.77. The highest BCUT2D eigenvalue weighted by atomic mass is 127. The molecule has 0 saturated heterocycles. The molecule has 7 heavy (non-hydrogen) atoms. The summed E-state index contributed by atoms with van der Waals surface area (Å²) in [6.07, 6.45) is 3.29. The molecule has 0 aromatic carbocycles. The summed E-state index contributed by atoms with van der Waals surface area (Å²) >= 11 is 2.09. The van der Waals surface area contributed by atoms with Crippen LogP contribution in [-0.2, 0) is 0 Å². The zero-order chi connectivity index (χ0) is 5.98. The molecule has 0 radical (unpaired) electrons. The van der Waals surface area contributed by atoms with E-state index < -0.39 is 0 Å². The van der Waals surface area contributed by atoms with Crippen molar-refractivity contribution < 1.29 is 1.37 Å². The predicted octanol–water partition coefficient (Wildman–Crippen LogP) is 1.08. The Morgan fingerprint density at radius 2 is 2.14 bits per heavy atom. The molecule has 0 unspecified atom stereocenters. The van der Waals surface area contributed by atoms with Crippen LogP contribution in [0.5, 0.6) is 0 Å². The molecule has 1 aromatic heterocycles. The normalized spacial score (nSPS) is 10.7. The third kappa shape index (κ3) is 1.38. The van der Waals surface area contributed by atoms with E-state index in [9.17, 15) is 0 Å². The first-order valence-electron chi connectivity index (χ1n) is 2.23. The van der Waals surface area contributed by atoms with Gasteiger partial charge in [-0.3, -0.25) is 0 Å². The summed E-state index contributed by atoms with van der Waals surface area (Å²) in [5.41, 5.74) is 0. The minimum absolute atomic E-state index is 0.0745. The second-order valence-corrected chi connectivity index (χ2v) is 2.25. The van der Waals surface area contributed by atoms with Crippen molar-refractivity contribution in [3.63, 3.8) is 0 Å². The lowest BCUT2D eigenvalue weighted by molar-refractivity contribution is 1.15. The van der Waals surface area contributed by atoms with Gasteiger partial charge in [-0.1, -0.05) is 0 Å². The highest BCUT2D eigenvalue weighted by Crippen LogP contribution is 1.94. The topological polar surface area (TPSA) is 25.8 Å². The second kappa shape index (κ2) is 2.20. The number of rotatable bonds is 0. The third-order valence-corrected chi connectivity index (χ3v) is 1.05. The summed E-state index contributed by atoms with van der Waals surface area (Å²) in [5.74, 6) is 0. The predicted molar refractivity (Wildman–Crippen MR) is 34.7 cm³/mol. The first-order chi connectivity index (χ1) is 3.79. The lowest BCUT2D eigenvalue weighted by Crippen LogP contribution is -1.74. The van der Waals surface area contributed by atoms with Crippen LogP contribution in [0.4, 0.5) is 0 Å². The van der Waals surface area contributed by atoms with Gasteiger partial charge < -0.3 is 0 Å². The SMILES string of the molecule is [2H]c1ncc(I)cn1. The van der Waals surface area contributed by atoms with Crippen LogP contribution in [0.2, 0.25) is 0 Å². The van der Waals surface area contributed by atoms with Gasteiger partial charge in [-0.15, -0.1) is 0 Å². The first kappa shape index (κ1) is 3.77. The van der Waals surface area contributed by atoms with E-state index in [1.165, 1.54) is 0 Å². The van der Waals surface area contributed by atoms with Gasteiger partial charge in [0.15, 0.2) is 0 Å². The molecule has 36 valence electrons. The zero-order valence-corrected chi connectivity index (χ0v) is 5.58. The Morgan fingerprint density at radius 1 is 1.57 bits per heavy atom. The van der Waals surface area contributed by atoms with E-state index in [0.717, 1.165) is 3.57 Å². The summed E-state index contributed by atoms with van der Waals surface area (Å²) in [6, 6.07) is 0. The number of nitrogens with zero attached hydrogens (tertiary/aromatic N) is 2. The van der Waals surface area contributed by atoms with Gasteiger partial charge in [0.05, 0.1) is 0 Å². The monoisotopic (exact) mass is 207 g/mol. The largest absolute Gasteiger partial charge is 0.244 e. The molecular weight excluding hydrogens is 203 g/mol. The Morgan fingerprint density at radius 3 is 2.57 bits per heavy atom. The van der Waals surface area contributed by atoms with Gasteiger partial charge in [-0.05, 0) is 22.6 Å². The lowest BCUT2D eigenvalue weighted by atomic mass is 10.7. The van der Waals surface area contributed by atoms with Gasteiger partial charge in [-0.2, -0.15) is 0 Å². The lowest BCUT2D eigenvalue weighted by Gasteiger charge is -1.79. The average molecular weight is 207 g/mol. The van der Waals surface area contributed by atoms with Crippen molar-refractivity contribution in [3.8, 4) is 0 Å². The highest BCUT2D eigenvalue weighted by Gasteiger charge is 1.76. The van der Waals surface area contributed by atoms with E-state index in [-0.39, 0.29) is 6.30 Å². The van der Waals surface area contributed by atoms with Crippen molar-refractivity contribution in [2.75, 3.05) is 0 Å². The molecule has 1 rings (SSSR count). The molecular formula is C4H3IN2. The third-order valence-electron chi connectivity index (χ3n) is 0.491. The quantitative estimate of drug-likeness (QED) is 0.595. The van der Waals surface area contributed by atoms with Crippen LogP contribution in [0, 0.1) is 3.57 Å². The van der Waals surface area contributed by atoms with Gasteiger partial charge in [0.2, 0.25) is 0 Å². The molecule has 1 heterocycles. The van der Waals surface area contributed by atoms with Gasteiger partial charge >= 0.3 is 0 Å². The van der Waals surface area contributed by atoms with Crippen LogP contribution in [0.25, 0.3) is 0 Å². The zero-order valence-electron chi connectivity index (χ0n) is 4.43. The fraction of sp³-hybridized carbons (Fsp3) is 0. The fourth-order valence-electron chi connectivity index (χ4n) is 0.248. The smallest absolute Gasteiger partial charge is 0.115 e. The highest BCUT2D eigenvalue weighted by molar-refractivity contribution is 14.1. The second-order valence-electron chi connectivity index (χ2n) is 1.00. The number of hydrogen-bond acceptors (Lipinski definition) is 2. The maximum Gasteiger partial charge on any atom is 0.115 e. The van der Waals surface area contributed by atoms with Crippen LogP contribution in [0.1, 0.15) is 1.37 Å². The number of halogens is 1. The Hall–Kier alpha value is -0.190. The van der Waals surface area contributed by atoms with Crippen molar-refractivity contribution in [1.82, 2.24) is 9.97 Å². The van der Waals surface area contributed by atoms with E-state index in [4.69, 9.17) is 1.37 Å². The minimum atomic E-state index is 0.0745. The number of aromatic nitrogens is 2. The Bertz CT molecular complexity index is 153. The molecule has 0 bridgehead atoms. The van der Waals surface area contributed by atoms with Crippen LogP contribution < -0.4 is 0 Å². The fourth-order valence-corrected chi connectivity index (χ4v) is 0.526. The molecule has 0 aliphatic carbocycles. The Kier molecular flexibility index (Phi) is 1.19. The van der Waals surface area contributed by atoms with Gasteiger partial charge in [0.25, 0.3) is 0 Å².